The largest absolute Gasteiger partial charge is 0.395 e. The third kappa shape index (κ3) is 4.97. The number of hydrogen-bond donors (Lipinski definition) is 2. The predicted molar refractivity (Wildman–Crippen MR) is 81.0 cm³/mol. The second kappa shape index (κ2) is 8.29. The van der Waals surface area contributed by atoms with E-state index >= 15 is 0 Å². The third-order valence-corrected chi connectivity index (χ3v) is 4.39. The van der Waals surface area contributed by atoms with E-state index in [1.165, 1.54) is 19.5 Å². The van der Waals surface area contributed by atoms with Gasteiger partial charge in [0.15, 0.2) is 0 Å². The number of aliphatic hydroxyl groups is 1. The van der Waals surface area contributed by atoms with Crippen molar-refractivity contribution in [3.8, 4) is 0 Å². The standard InChI is InChI=1S/C15H31N3O2/c1-13(2)16-14(12-19)3-5-17-6-4-15(11-17)18-7-9-20-10-8-18/h13-16,19H,3-12H2,1-2H3. The van der Waals surface area contributed by atoms with Crippen LogP contribution in [0.4, 0.5) is 0 Å². The van der Waals surface area contributed by atoms with Crippen LogP contribution in [0.5, 0.6) is 0 Å². The molecule has 0 aromatic carbocycles. The number of likely N-dealkylation sites (tertiary alicyclic amines) is 1. The molecule has 118 valence electrons. The van der Waals surface area contributed by atoms with Gasteiger partial charge in [0.2, 0.25) is 0 Å². The van der Waals surface area contributed by atoms with Crippen molar-refractivity contribution < 1.29 is 9.84 Å². The fourth-order valence-corrected chi connectivity index (χ4v) is 3.29. The van der Waals surface area contributed by atoms with E-state index in [-0.39, 0.29) is 12.6 Å². The van der Waals surface area contributed by atoms with E-state index in [9.17, 15) is 5.11 Å². The summed E-state index contributed by atoms with van der Waals surface area (Å²) in [6.07, 6.45) is 2.31. The number of morpholine rings is 1. The predicted octanol–water partition coefficient (Wildman–Crippen LogP) is 0.142. The summed E-state index contributed by atoms with van der Waals surface area (Å²) in [6, 6.07) is 1.38. The molecule has 2 aliphatic heterocycles. The van der Waals surface area contributed by atoms with E-state index in [2.05, 4.69) is 29.0 Å². The molecule has 2 rings (SSSR count). The first kappa shape index (κ1) is 16.2. The van der Waals surface area contributed by atoms with Gasteiger partial charge in [-0.25, -0.2) is 0 Å². The average Bonchev–Trinajstić information content (AvgIpc) is 2.93. The van der Waals surface area contributed by atoms with Crippen molar-refractivity contribution in [3.63, 3.8) is 0 Å². The topological polar surface area (TPSA) is 48.0 Å². The van der Waals surface area contributed by atoms with Crippen LogP contribution in [0.25, 0.3) is 0 Å². The Kier molecular flexibility index (Phi) is 6.71. The summed E-state index contributed by atoms with van der Waals surface area (Å²) in [5.41, 5.74) is 0. The maximum atomic E-state index is 9.40. The summed E-state index contributed by atoms with van der Waals surface area (Å²) in [4.78, 5) is 5.13. The first-order chi connectivity index (χ1) is 9.69. The minimum atomic E-state index is 0.234. The molecule has 2 heterocycles. The summed E-state index contributed by atoms with van der Waals surface area (Å²) < 4.78 is 5.43. The van der Waals surface area contributed by atoms with Gasteiger partial charge in [-0.2, -0.15) is 0 Å². The fourth-order valence-electron chi connectivity index (χ4n) is 3.29. The molecule has 0 spiro atoms. The Morgan fingerprint density at radius 2 is 2.00 bits per heavy atom. The molecule has 2 fully saturated rings. The van der Waals surface area contributed by atoms with Crippen LogP contribution >= 0.6 is 0 Å². The van der Waals surface area contributed by atoms with Crippen molar-refractivity contribution in [2.75, 3.05) is 52.5 Å². The van der Waals surface area contributed by atoms with Crippen LogP contribution in [0.15, 0.2) is 0 Å². The summed E-state index contributed by atoms with van der Waals surface area (Å²) >= 11 is 0. The van der Waals surface area contributed by atoms with Gasteiger partial charge in [0.25, 0.3) is 0 Å². The van der Waals surface area contributed by atoms with Gasteiger partial charge in [0.05, 0.1) is 19.8 Å². The highest BCUT2D eigenvalue weighted by Crippen LogP contribution is 2.17. The molecule has 0 amide bonds. The molecule has 0 aromatic heterocycles. The lowest BCUT2D eigenvalue weighted by Gasteiger charge is -2.32. The van der Waals surface area contributed by atoms with E-state index in [1.54, 1.807) is 0 Å². The van der Waals surface area contributed by atoms with E-state index < -0.39 is 0 Å². The normalized spacial score (nSPS) is 27.3. The zero-order valence-corrected chi connectivity index (χ0v) is 13.1. The maximum Gasteiger partial charge on any atom is 0.0594 e. The third-order valence-electron chi connectivity index (χ3n) is 4.39. The lowest BCUT2D eigenvalue weighted by Crippen LogP contribution is -2.45. The second-order valence-electron chi connectivity index (χ2n) is 6.38. The highest BCUT2D eigenvalue weighted by Gasteiger charge is 2.28. The van der Waals surface area contributed by atoms with Crippen molar-refractivity contribution in [3.05, 3.63) is 0 Å². The number of rotatable bonds is 7. The van der Waals surface area contributed by atoms with Crippen LogP contribution in [0.3, 0.4) is 0 Å². The van der Waals surface area contributed by atoms with Crippen molar-refractivity contribution in [2.24, 2.45) is 0 Å². The Balaban J connectivity index is 1.67. The maximum absolute atomic E-state index is 9.40. The summed E-state index contributed by atoms with van der Waals surface area (Å²) in [5.74, 6) is 0. The molecule has 5 heteroatoms. The van der Waals surface area contributed by atoms with Crippen LogP contribution in [-0.2, 0) is 4.74 Å². The first-order valence-electron chi connectivity index (χ1n) is 8.10. The summed E-state index contributed by atoms with van der Waals surface area (Å²) in [5, 5.41) is 12.8. The molecule has 20 heavy (non-hydrogen) atoms. The van der Waals surface area contributed by atoms with Crippen LogP contribution in [-0.4, -0.2) is 85.6 Å². The van der Waals surface area contributed by atoms with Gasteiger partial charge in [0.1, 0.15) is 0 Å². The van der Waals surface area contributed by atoms with Gasteiger partial charge in [-0.1, -0.05) is 13.8 Å². The molecular weight excluding hydrogens is 254 g/mol. The average molecular weight is 285 g/mol. The zero-order valence-electron chi connectivity index (χ0n) is 13.1. The Hall–Kier alpha value is -0.200. The minimum absolute atomic E-state index is 0.234. The smallest absolute Gasteiger partial charge is 0.0594 e. The molecule has 0 radical (unpaired) electrons. The number of aliphatic hydroxyl groups excluding tert-OH is 1. The fraction of sp³-hybridized carbons (Fsp3) is 1.00. The van der Waals surface area contributed by atoms with Gasteiger partial charge in [-0.3, -0.25) is 4.90 Å². The molecule has 2 unspecified atom stereocenters. The zero-order chi connectivity index (χ0) is 14.4. The van der Waals surface area contributed by atoms with Crippen molar-refractivity contribution >= 4 is 0 Å². The molecule has 2 N–H and O–H groups in total. The highest BCUT2D eigenvalue weighted by atomic mass is 16.5. The molecule has 5 nitrogen and oxygen atoms in total. The van der Waals surface area contributed by atoms with Gasteiger partial charge in [-0.15, -0.1) is 0 Å². The molecule has 2 aliphatic rings. The lowest BCUT2D eigenvalue weighted by atomic mass is 10.2. The Morgan fingerprint density at radius 3 is 2.65 bits per heavy atom. The van der Waals surface area contributed by atoms with Crippen LogP contribution in [0.1, 0.15) is 26.7 Å². The van der Waals surface area contributed by atoms with Crippen LogP contribution in [0.2, 0.25) is 0 Å². The quantitative estimate of drug-likeness (QED) is 0.697. The highest BCUT2D eigenvalue weighted by molar-refractivity contribution is 4.85. The molecule has 0 saturated carbocycles. The van der Waals surface area contributed by atoms with Crippen LogP contribution < -0.4 is 5.32 Å². The van der Waals surface area contributed by atoms with E-state index in [4.69, 9.17) is 4.74 Å². The van der Waals surface area contributed by atoms with Gasteiger partial charge >= 0.3 is 0 Å². The van der Waals surface area contributed by atoms with E-state index in [0.29, 0.717) is 12.1 Å². The van der Waals surface area contributed by atoms with Crippen LogP contribution in [0, 0.1) is 0 Å². The molecular formula is C15H31N3O2. The number of hydrogen-bond acceptors (Lipinski definition) is 5. The molecule has 2 saturated heterocycles. The Labute approximate surface area is 123 Å². The first-order valence-corrected chi connectivity index (χ1v) is 8.10. The lowest BCUT2D eigenvalue weighted by molar-refractivity contribution is 0.0184. The minimum Gasteiger partial charge on any atom is -0.395 e. The monoisotopic (exact) mass is 285 g/mol. The number of nitrogens with zero attached hydrogens (tertiary/aromatic N) is 2. The van der Waals surface area contributed by atoms with Crippen molar-refractivity contribution in [1.82, 2.24) is 15.1 Å². The van der Waals surface area contributed by atoms with Gasteiger partial charge in [-0.05, 0) is 25.9 Å². The Bertz CT molecular complexity index is 270. The molecule has 0 bridgehead atoms. The van der Waals surface area contributed by atoms with Crippen molar-refractivity contribution in [2.45, 2.75) is 44.8 Å². The summed E-state index contributed by atoms with van der Waals surface area (Å²) in [7, 11) is 0. The Morgan fingerprint density at radius 1 is 1.25 bits per heavy atom. The molecule has 0 aliphatic carbocycles. The van der Waals surface area contributed by atoms with E-state index in [1.807, 2.05) is 0 Å². The van der Waals surface area contributed by atoms with Crippen molar-refractivity contribution in [1.29, 1.82) is 0 Å². The SMILES string of the molecule is CC(C)NC(CO)CCN1CCC(N2CCOCC2)C1. The van der Waals surface area contributed by atoms with Gasteiger partial charge in [0, 0.05) is 37.8 Å². The van der Waals surface area contributed by atoms with Gasteiger partial charge < -0.3 is 20.1 Å². The molecule has 0 aromatic rings. The number of ether oxygens (including phenoxy) is 1. The second-order valence-corrected chi connectivity index (χ2v) is 6.38. The summed E-state index contributed by atoms with van der Waals surface area (Å²) in [6.45, 7) is 11.9. The molecule has 2 atom stereocenters. The number of nitrogens with one attached hydrogen (secondary N) is 1. The van der Waals surface area contributed by atoms with E-state index in [0.717, 1.165) is 39.3 Å².